The van der Waals surface area contributed by atoms with Gasteiger partial charge in [-0.25, -0.2) is 0 Å². The van der Waals surface area contributed by atoms with E-state index in [-0.39, 0.29) is 23.6 Å². The van der Waals surface area contributed by atoms with Gasteiger partial charge in [-0.2, -0.15) is 0 Å². The van der Waals surface area contributed by atoms with Crippen molar-refractivity contribution >= 4 is 17.6 Å². The molecule has 1 aliphatic heterocycles. The molecule has 1 aromatic heterocycles. The Kier molecular flexibility index (Phi) is 5.44. The Morgan fingerprint density at radius 1 is 1.11 bits per heavy atom. The number of carbonyl (C=O) groups is 3. The number of hydrogen-bond acceptors (Lipinski definition) is 3. The molecule has 0 atom stereocenters. The lowest BCUT2D eigenvalue weighted by Gasteiger charge is -2.32. The van der Waals surface area contributed by atoms with Gasteiger partial charge in [-0.3, -0.25) is 14.4 Å². The lowest BCUT2D eigenvalue weighted by Crippen LogP contribution is -2.46. The van der Waals surface area contributed by atoms with Gasteiger partial charge < -0.3 is 14.8 Å². The highest BCUT2D eigenvalue weighted by Gasteiger charge is 2.26. The molecule has 1 N–H and O–H groups in total. The van der Waals surface area contributed by atoms with Gasteiger partial charge in [0.1, 0.15) is 5.69 Å². The van der Waals surface area contributed by atoms with Crippen molar-refractivity contribution in [2.24, 2.45) is 7.05 Å². The molecule has 3 rings (SSSR count). The largest absolute Gasteiger partial charge is 0.349 e. The van der Waals surface area contributed by atoms with E-state index in [1.165, 1.54) is 6.92 Å². The van der Waals surface area contributed by atoms with Gasteiger partial charge in [-0.15, -0.1) is 0 Å². The lowest BCUT2D eigenvalue weighted by molar-refractivity contribution is 0.0689. The molecule has 0 saturated carbocycles. The number of rotatable bonds is 4. The van der Waals surface area contributed by atoms with Crippen LogP contribution >= 0.6 is 0 Å². The molecule has 6 nitrogen and oxygen atoms in total. The first-order valence-corrected chi connectivity index (χ1v) is 9.20. The van der Waals surface area contributed by atoms with Crippen molar-refractivity contribution in [1.29, 1.82) is 0 Å². The van der Waals surface area contributed by atoms with E-state index in [2.05, 4.69) is 5.32 Å². The maximum Gasteiger partial charge on any atom is 0.270 e. The number of Topliss-reactive ketones (excluding diaryl/α,β-unsaturated/α-hetero) is 1. The highest BCUT2D eigenvalue weighted by Crippen LogP contribution is 2.17. The Balaban J connectivity index is 1.59. The summed E-state index contributed by atoms with van der Waals surface area (Å²) in [5.41, 5.74) is 2.70. The molecule has 0 aliphatic carbocycles. The lowest BCUT2D eigenvalue weighted by atomic mass is 10.0. The first kappa shape index (κ1) is 18.9. The first-order chi connectivity index (χ1) is 12.9. The molecule has 2 amide bonds. The summed E-state index contributed by atoms with van der Waals surface area (Å²) in [5.74, 6) is -0.192. The molecule has 0 bridgehead atoms. The van der Waals surface area contributed by atoms with Gasteiger partial charge >= 0.3 is 0 Å². The van der Waals surface area contributed by atoms with Crippen LogP contribution in [0.25, 0.3) is 0 Å². The van der Waals surface area contributed by atoms with E-state index in [0.717, 1.165) is 5.56 Å². The van der Waals surface area contributed by atoms with Crippen LogP contribution in [-0.2, 0) is 7.05 Å². The van der Waals surface area contributed by atoms with Crippen LogP contribution in [0, 0.1) is 6.92 Å². The Hall–Kier alpha value is -2.89. The zero-order valence-corrected chi connectivity index (χ0v) is 16.0. The second-order valence-electron chi connectivity index (χ2n) is 7.14. The standard InChI is InChI=1S/C21H25N3O3/c1-14-6-4-5-7-18(14)20(26)22-17-8-10-24(11-9-17)21(27)19-12-16(15(2)25)13-23(19)3/h4-7,12-13,17H,8-11H2,1-3H3,(H,22,26). The van der Waals surface area contributed by atoms with E-state index >= 15 is 0 Å². The molecule has 1 saturated heterocycles. The van der Waals surface area contributed by atoms with Gasteiger partial charge in [0.15, 0.2) is 5.78 Å². The summed E-state index contributed by atoms with van der Waals surface area (Å²) in [5, 5.41) is 3.08. The number of piperidine rings is 1. The van der Waals surface area contributed by atoms with Crippen molar-refractivity contribution in [3.05, 3.63) is 58.9 Å². The third-order valence-electron chi connectivity index (χ3n) is 5.14. The molecule has 1 aliphatic rings. The average Bonchev–Trinajstić information content (AvgIpc) is 3.04. The molecule has 1 fully saturated rings. The van der Waals surface area contributed by atoms with Gasteiger partial charge in [0.2, 0.25) is 0 Å². The second-order valence-corrected chi connectivity index (χ2v) is 7.14. The summed E-state index contributed by atoms with van der Waals surface area (Å²) in [4.78, 5) is 38.5. The van der Waals surface area contributed by atoms with Crippen molar-refractivity contribution in [3.8, 4) is 0 Å². The topological polar surface area (TPSA) is 71.4 Å². The van der Waals surface area contributed by atoms with E-state index in [4.69, 9.17) is 0 Å². The molecule has 6 heteroatoms. The number of aryl methyl sites for hydroxylation is 2. The fourth-order valence-electron chi connectivity index (χ4n) is 3.45. The number of benzene rings is 1. The fourth-order valence-corrected chi connectivity index (χ4v) is 3.45. The fraction of sp³-hybridized carbons (Fsp3) is 0.381. The van der Waals surface area contributed by atoms with E-state index in [9.17, 15) is 14.4 Å². The Bertz CT molecular complexity index is 877. The summed E-state index contributed by atoms with van der Waals surface area (Å²) >= 11 is 0. The third-order valence-corrected chi connectivity index (χ3v) is 5.14. The minimum Gasteiger partial charge on any atom is -0.349 e. The van der Waals surface area contributed by atoms with E-state index in [0.29, 0.717) is 42.8 Å². The molecule has 1 aromatic carbocycles. The predicted octanol–water partition coefficient (Wildman–Crippen LogP) is 2.57. The van der Waals surface area contributed by atoms with Gasteiger partial charge in [-0.1, -0.05) is 18.2 Å². The quantitative estimate of drug-likeness (QED) is 0.845. The van der Waals surface area contributed by atoms with E-state index in [1.54, 1.807) is 28.8 Å². The van der Waals surface area contributed by atoms with Gasteiger partial charge in [-0.05, 0) is 44.4 Å². The molecule has 142 valence electrons. The van der Waals surface area contributed by atoms with Crippen LogP contribution in [-0.4, -0.2) is 46.2 Å². The van der Waals surface area contributed by atoms with E-state index in [1.807, 2.05) is 31.2 Å². The molecule has 0 spiro atoms. The molecule has 2 aromatic rings. The van der Waals surface area contributed by atoms with Crippen LogP contribution in [0.5, 0.6) is 0 Å². The maximum absolute atomic E-state index is 12.8. The molecular formula is C21H25N3O3. The van der Waals surface area contributed by atoms with E-state index < -0.39 is 0 Å². The summed E-state index contributed by atoms with van der Waals surface area (Å²) in [6.45, 7) is 4.58. The minimum absolute atomic E-state index is 0.0534. The number of amides is 2. The molecular weight excluding hydrogens is 342 g/mol. The normalized spacial score (nSPS) is 14.9. The first-order valence-electron chi connectivity index (χ1n) is 9.20. The summed E-state index contributed by atoms with van der Waals surface area (Å²) < 4.78 is 1.70. The molecule has 27 heavy (non-hydrogen) atoms. The predicted molar refractivity (Wildman–Crippen MR) is 103 cm³/mol. The van der Waals surface area contributed by atoms with Crippen molar-refractivity contribution in [2.45, 2.75) is 32.7 Å². The molecule has 0 unspecified atom stereocenters. The van der Waals surface area contributed by atoms with Gasteiger partial charge in [0.05, 0.1) is 0 Å². The third kappa shape index (κ3) is 4.10. The zero-order valence-electron chi connectivity index (χ0n) is 16.0. The van der Waals surface area contributed by atoms with Crippen LogP contribution < -0.4 is 5.32 Å². The summed E-state index contributed by atoms with van der Waals surface area (Å²) in [6.07, 6.45) is 3.12. The zero-order chi connectivity index (χ0) is 19.6. The molecule has 0 radical (unpaired) electrons. The average molecular weight is 367 g/mol. The maximum atomic E-state index is 12.8. The number of ketones is 1. The van der Waals surface area contributed by atoms with Crippen LogP contribution in [0.4, 0.5) is 0 Å². The number of nitrogens with zero attached hydrogens (tertiary/aromatic N) is 2. The van der Waals surface area contributed by atoms with Crippen molar-refractivity contribution in [3.63, 3.8) is 0 Å². The van der Waals surface area contributed by atoms with Gasteiger partial charge in [0.25, 0.3) is 11.8 Å². The highest BCUT2D eigenvalue weighted by atomic mass is 16.2. The Morgan fingerprint density at radius 2 is 1.78 bits per heavy atom. The van der Waals surface area contributed by atoms with Crippen molar-refractivity contribution in [1.82, 2.24) is 14.8 Å². The summed E-state index contributed by atoms with van der Waals surface area (Å²) in [6, 6.07) is 9.23. The van der Waals surface area contributed by atoms with Crippen LogP contribution in [0.2, 0.25) is 0 Å². The highest BCUT2D eigenvalue weighted by molar-refractivity contribution is 5.99. The number of nitrogens with one attached hydrogen (secondary N) is 1. The van der Waals surface area contributed by atoms with Crippen LogP contribution in [0.3, 0.4) is 0 Å². The number of aromatic nitrogens is 1. The number of hydrogen-bond donors (Lipinski definition) is 1. The van der Waals surface area contributed by atoms with Crippen molar-refractivity contribution < 1.29 is 14.4 Å². The minimum atomic E-state index is -0.0753. The number of carbonyl (C=O) groups excluding carboxylic acids is 3. The van der Waals surface area contributed by atoms with Crippen LogP contribution in [0.15, 0.2) is 36.5 Å². The van der Waals surface area contributed by atoms with Gasteiger partial charge in [0, 0.05) is 43.5 Å². The SMILES string of the molecule is CC(=O)c1cc(C(=O)N2CCC(NC(=O)c3ccccc3C)CC2)n(C)c1. The summed E-state index contributed by atoms with van der Waals surface area (Å²) in [7, 11) is 1.77. The van der Waals surface area contributed by atoms with Crippen LogP contribution in [0.1, 0.15) is 56.5 Å². The smallest absolute Gasteiger partial charge is 0.270 e. The monoisotopic (exact) mass is 367 g/mol. The van der Waals surface area contributed by atoms with Crippen molar-refractivity contribution in [2.75, 3.05) is 13.1 Å². The second kappa shape index (κ2) is 7.78. The Labute approximate surface area is 159 Å². The Morgan fingerprint density at radius 3 is 2.37 bits per heavy atom. The molecule has 2 heterocycles. The number of likely N-dealkylation sites (tertiary alicyclic amines) is 1.